The summed E-state index contributed by atoms with van der Waals surface area (Å²) in [6.45, 7) is -2.23. The van der Waals surface area contributed by atoms with Gasteiger partial charge in [-0.2, -0.15) is 0 Å². The van der Waals surface area contributed by atoms with E-state index in [1.54, 1.807) is 0 Å². The minimum Gasteiger partial charge on any atom is -0.504 e. The van der Waals surface area contributed by atoms with Crippen LogP contribution in [0.15, 0.2) is 36.8 Å². The Balaban J connectivity index is 3.52. The van der Waals surface area contributed by atoms with Gasteiger partial charge in [0.2, 0.25) is 0 Å². The fraction of sp³-hybridized carbons (Fsp3) is 0.400. The van der Waals surface area contributed by atoms with E-state index in [0.717, 1.165) is 6.07 Å². The van der Waals surface area contributed by atoms with Crippen molar-refractivity contribution in [3.8, 4) is 11.5 Å². The lowest BCUT2D eigenvalue weighted by Gasteiger charge is -2.08. The van der Waals surface area contributed by atoms with Gasteiger partial charge in [-0.1, -0.05) is 0 Å². The number of benzene rings is 1. The van der Waals surface area contributed by atoms with Crippen LogP contribution in [0.25, 0.3) is 0 Å². The van der Waals surface area contributed by atoms with Gasteiger partial charge in [0.05, 0.1) is 19.8 Å². The molecule has 0 bridgehead atoms. The molecule has 0 unspecified atom stereocenters. The summed E-state index contributed by atoms with van der Waals surface area (Å²) < 4.78 is 0. The van der Waals surface area contributed by atoms with Crippen LogP contribution < -0.4 is 17.2 Å². The summed E-state index contributed by atoms with van der Waals surface area (Å²) in [5.41, 5.74) is 13.9. The normalized spacial score (nSPS) is 14.8. The average Bonchev–Trinajstić information content (AvgIpc) is 2.80. The summed E-state index contributed by atoms with van der Waals surface area (Å²) >= 11 is 0. The second-order valence-electron chi connectivity index (χ2n) is 5.94. The Hall–Kier alpha value is -3.61. The first-order valence-corrected chi connectivity index (χ1v) is 8.62. The van der Waals surface area contributed by atoms with Gasteiger partial charge in [0.15, 0.2) is 17.2 Å². The number of phenolic OH excluding ortho intramolecular Hbond substituents is 2. The number of carbonyl (C=O) groups excluding carboxylic acids is 3. The number of carbonyl (C=O) groups is 3. The Labute approximate surface area is 179 Å². The van der Waals surface area contributed by atoms with Crippen LogP contribution in [0.3, 0.4) is 0 Å². The summed E-state index contributed by atoms with van der Waals surface area (Å²) in [6.07, 6.45) is 0. The zero-order valence-electron chi connectivity index (χ0n) is 16.3. The molecule has 3 atom stereocenters. The van der Waals surface area contributed by atoms with Crippen molar-refractivity contribution in [3.05, 3.63) is 6.07 Å². The first kappa shape index (κ1) is 26.4. The van der Waals surface area contributed by atoms with E-state index in [-0.39, 0.29) is 0 Å². The first-order valence-electron chi connectivity index (χ1n) is 8.62. The quantitative estimate of drug-likeness (QED) is 0.186. The van der Waals surface area contributed by atoms with E-state index in [0.29, 0.717) is 0 Å². The number of aliphatic hydroxyl groups is 3. The number of azo groups is 3. The summed E-state index contributed by atoms with van der Waals surface area (Å²) in [5.74, 6) is -5.11. The largest absolute Gasteiger partial charge is 0.504 e. The van der Waals surface area contributed by atoms with Gasteiger partial charge >= 0.3 is 0 Å². The van der Waals surface area contributed by atoms with Crippen molar-refractivity contribution in [2.45, 2.75) is 18.1 Å². The van der Waals surface area contributed by atoms with Crippen molar-refractivity contribution in [1.82, 2.24) is 0 Å². The number of nitrogens with two attached hydrogens (primary N) is 3. The van der Waals surface area contributed by atoms with E-state index in [2.05, 4.69) is 30.7 Å². The second kappa shape index (κ2) is 12.3. The number of rotatable bonds is 9. The molecule has 1 aromatic carbocycles. The number of aliphatic hydroxyl groups excluding tert-OH is 3. The zero-order valence-corrected chi connectivity index (χ0v) is 16.3. The van der Waals surface area contributed by atoms with Crippen molar-refractivity contribution in [2.24, 2.45) is 47.9 Å². The third-order valence-electron chi connectivity index (χ3n) is 3.51. The summed E-state index contributed by atoms with van der Waals surface area (Å²) in [6, 6.07) is -3.40. The number of aromatic hydroxyl groups is 2. The van der Waals surface area contributed by atoms with Gasteiger partial charge in [0.1, 0.15) is 29.5 Å². The molecule has 0 aliphatic heterocycles. The smallest absolute Gasteiger partial charge is 0.283 e. The monoisotopic (exact) mass is 455 g/mol. The molecule has 174 valence electrons. The molecule has 32 heavy (non-hydrogen) atoms. The van der Waals surface area contributed by atoms with E-state index in [1.807, 2.05) is 0 Å². The molecule has 0 aliphatic carbocycles. The van der Waals surface area contributed by atoms with Crippen molar-refractivity contribution in [1.29, 1.82) is 0 Å². The fourth-order valence-corrected chi connectivity index (χ4v) is 1.63. The van der Waals surface area contributed by atoms with Gasteiger partial charge in [-0.25, -0.2) is 0 Å². The highest BCUT2D eigenvalue weighted by molar-refractivity contribution is 5.86. The molecule has 0 aliphatic rings. The highest BCUT2D eigenvalue weighted by Crippen LogP contribution is 2.49. The molecule has 1 rings (SSSR count). The number of amides is 3. The van der Waals surface area contributed by atoms with E-state index < -0.39 is 84.2 Å². The van der Waals surface area contributed by atoms with Crippen LogP contribution in [0.4, 0.5) is 17.1 Å². The van der Waals surface area contributed by atoms with Crippen LogP contribution in [0, 0.1) is 0 Å². The summed E-state index contributed by atoms with van der Waals surface area (Å²) in [4.78, 5) is 34.9. The number of phenols is 2. The number of hydrogen-bond donors (Lipinski definition) is 8. The van der Waals surface area contributed by atoms with E-state index in [4.69, 9.17) is 32.5 Å². The topological polar surface area (TPSA) is 305 Å². The van der Waals surface area contributed by atoms with Gasteiger partial charge in [-0.05, 0) is 0 Å². The Morgan fingerprint density at radius 1 is 0.688 bits per heavy atom. The van der Waals surface area contributed by atoms with Gasteiger partial charge < -0.3 is 42.7 Å². The molecule has 1 aromatic rings. The Bertz CT molecular complexity index is 893. The minimum absolute atomic E-state index is 0.554. The fourth-order valence-electron chi connectivity index (χ4n) is 1.63. The Morgan fingerprint density at radius 2 is 1.00 bits per heavy atom. The predicted octanol–water partition coefficient (Wildman–Crippen LogP) is -2.11. The highest BCUT2D eigenvalue weighted by Gasteiger charge is 2.21. The molecular weight excluding hydrogens is 434 g/mol. The predicted molar refractivity (Wildman–Crippen MR) is 104 cm³/mol. The Morgan fingerprint density at radius 3 is 1.31 bits per heavy atom. The lowest BCUT2D eigenvalue weighted by atomic mass is 10.2. The van der Waals surface area contributed by atoms with Crippen LogP contribution in [-0.2, 0) is 14.4 Å². The maximum atomic E-state index is 11.6. The summed E-state index contributed by atoms with van der Waals surface area (Å²) in [5, 5.41) is 66.8. The van der Waals surface area contributed by atoms with E-state index in [1.165, 1.54) is 0 Å². The maximum Gasteiger partial charge on any atom is 0.283 e. The highest BCUT2D eigenvalue weighted by atomic mass is 16.3. The molecule has 0 fully saturated rings. The molecule has 0 heterocycles. The van der Waals surface area contributed by atoms with Crippen molar-refractivity contribution in [2.75, 3.05) is 19.8 Å². The number of nitrogens with zero attached hydrogens (tertiary/aromatic N) is 6. The molecular formula is C15H21N9O8. The molecule has 0 radical (unpaired) electrons. The number of hydrogen-bond acceptors (Lipinski definition) is 14. The van der Waals surface area contributed by atoms with E-state index >= 15 is 0 Å². The first-order chi connectivity index (χ1) is 15.1. The van der Waals surface area contributed by atoms with E-state index in [9.17, 15) is 24.6 Å². The lowest BCUT2D eigenvalue weighted by Crippen LogP contribution is -2.32. The van der Waals surface area contributed by atoms with Gasteiger partial charge in [-0.15, -0.1) is 30.7 Å². The molecule has 0 saturated heterocycles. The van der Waals surface area contributed by atoms with Gasteiger partial charge in [0.25, 0.3) is 17.7 Å². The minimum atomic E-state index is -1.43. The average molecular weight is 455 g/mol. The molecule has 17 nitrogen and oxygen atoms in total. The Kier molecular flexibility index (Phi) is 10.2. The summed E-state index contributed by atoms with van der Waals surface area (Å²) in [7, 11) is 0. The van der Waals surface area contributed by atoms with Crippen LogP contribution in [0.5, 0.6) is 11.5 Å². The molecule has 3 amide bonds. The van der Waals surface area contributed by atoms with Crippen molar-refractivity contribution in [3.63, 3.8) is 0 Å². The van der Waals surface area contributed by atoms with Gasteiger partial charge in [0, 0.05) is 6.07 Å². The second-order valence-corrected chi connectivity index (χ2v) is 5.94. The van der Waals surface area contributed by atoms with Crippen LogP contribution >= 0.6 is 0 Å². The molecule has 0 saturated carbocycles. The van der Waals surface area contributed by atoms with Crippen LogP contribution in [0.1, 0.15) is 0 Å². The third kappa shape index (κ3) is 6.97. The maximum absolute atomic E-state index is 11.6. The van der Waals surface area contributed by atoms with Crippen LogP contribution in [-0.4, -0.2) is 81.2 Å². The molecule has 17 heteroatoms. The standard InChI is InChI=1S/C15H21N9O8/c16-5(2-25)13(30)22-19-8-1-9(20-23-14(31)6(17)3-26)12(29)10(11(8)28)21-24-15(32)7(18)4-27/h1,5-7,25-29H,2-4,16-18H2/t5-,6-,7-/m0/s1. The molecule has 0 spiro atoms. The SMILES string of the molecule is N[C@@H](CO)C(=O)N=Nc1cc(N=NC(=O)[C@@H](N)CO)c(O)c(N=NC(=O)[C@@H](N)CO)c1O. The third-order valence-corrected chi connectivity index (χ3v) is 3.51. The van der Waals surface area contributed by atoms with Crippen LogP contribution in [0.2, 0.25) is 0 Å². The van der Waals surface area contributed by atoms with Crippen molar-refractivity contribution < 1.29 is 39.9 Å². The lowest BCUT2D eigenvalue weighted by molar-refractivity contribution is -0.121. The molecule has 0 aromatic heterocycles. The van der Waals surface area contributed by atoms with Gasteiger partial charge in [-0.3, -0.25) is 14.4 Å². The zero-order chi connectivity index (χ0) is 24.4. The molecule has 11 N–H and O–H groups in total. The van der Waals surface area contributed by atoms with Crippen molar-refractivity contribution >= 4 is 34.8 Å².